The summed E-state index contributed by atoms with van der Waals surface area (Å²) < 4.78 is 0. The van der Waals surface area contributed by atoms with Gasteiger partial charge >= 0.3 is 0 Å². The Morgan fingerprint density at radius 2 is 1.95 bits per heavy atom. The third kappa shape index (κ3) is 5.31. The van der Waals surface area contributed by atoms with Gasteiger partial charge in [-0.1, -0.05) is 44.2 Å². The predicted molar refractivity (Wildman–Crippen MR) is 81.3 cm³/mol. The molecule has 0 fully saturated rings. The van der Waals surface area contributed by atoms with Gasteiger partial charge < -0.3 is 10.4 Å². The Labute approximate surface area is 121 Å². The summed E-state index contributed by atoms with van der Waals surface area (Å²) in [4.78, 5) is 11.8. The number of hydrogen-bond donors (Lipinski definition) is 3. The number of rotatable bonds is 8. The van der Waals surface area contributed by atoms with Crippen LogP contribution in [0.3, 0.4) is 0 Å². The number of hydrogen-bond acceptors (Lipinski definition) is 3. The molecule has 0 aliphatic carbocycles. The van der Waals surface area contributed by atoms with Crippen molar-refractivity contribution in [2.45, 2.75) is 32.7 Å². The zero-order valence-corrected chi connectivity index (χ0v) is 12.6. The van der Waals surface area contributed by atoms with E-state index in [-0.39, 0.29) is 19.1 Å². The summed E-state index contributed by atoms with van der Waals surface area (Å²) >= 11 is 0. The predicted octanol–water partition coefficient (Wildman–Crippen LogP) is 1.65. The van der Waals surface area contributed by atoms with Crippen molar-refractivity contribution in [3.8, 4) is 0 Å². The number of aliphatic hydroxyl groups excluding tert-OH is 1. The first-order valence-electron chi connectivity index (χ1n) is 7.16. The lowest BCUT2D eigenvalue weighted by Gasteiger charge is -2.29. The SMILES string of the molecule is CC(C)CCNC(=O)CNC(C)(CO)c1ccccc1. The summed E-state index contributed by atoms with van der Waals surface area (Å²) in [6, 6.07) is 9.67. The molecule has 0 aliphatic heterocycles. The Morgan fingerprint density at radius 1 is 1.30 bits per heavy atom. The van der Waals surface area contributed by atoms with Crippen LogP contribution in [-0.4, -0.2) is 30.7 Å². The minimum Gasteiger partial charge on any atom is -0.394 e. The second kappa shape index (κ2) is 8.02. The van der Waals surface area contributed by atoms with Gasteiger partial charge in [0.05, 0.1) is 18.7 Å². The van der Waals surface area contributed by atoms with Crippen LogP contribution in [0.2, 0.25) is 0 Å². The van der Waals surface area contributed by atoms with Gasteiger partial charge in [-0.2, -0.15) is 0 Å². The van der Waals surface area contributed by atoms with Crippen molar-refractivity contribution in [3.63, 3.8) is 0 Å². The average Bonchev–Trinajstić information content (AvgIpc) is 2.45. The molecular weight excluding hydrogens is 252 g/mol. The number of benzene rings is 1. The van der Waals surface area contributed by atoms with E-state index in [1.54, 1.807) is 0 Å². The summed E-state index contributed by atoms with van der Waals surface area (Å²) in [6.07, 6.45) is 0.974. The monoisotopic (exact) mass is 278 g/mol. The first-order valence-corrected chi connectivity index (χ1v) is 7.16. The molecule has 1 rings (SSSR count). The number of amides is 1. The van der Waals surface area contributed by atoms with Crippen LogP contribution in [0.15, 0.2) is 30.3 Å². The van der Waals surface area contributed by atoms with Crippen LogP contribution < -0.4 is 10.6 Å². The highest BCUT2D eigenvalue weighted by molar-refractivity contribution is 5.78. The maximum absolute atomic E-state index is 11.8. The minimum atomic E-state index is -0.601. The van der Waals surface area contributed by atoms with Gasteiger partial charge in [0.15, 0.2) is 0 Å². The lowest BCUT2D eigenvalue weighted by atomic mass is 9.93. The smallest absolute Gasteiger partial charge is 0.233 e. The van der Waals surface area contributed by atoms with Gasteiger partial charge in [0.2, 0.25) is 5.91 Å². The summed E-state index contributed by atoms with van der Waals surface area (Å²) in [6.45, 7) is 6.98. The molecule has 1 atom stereocenters. The molecule has 0 heterocycles. The van der Waals surface area contributed by atoms with Crippen LogP contribution in [0.25, 0.3) is 0 Å². The second-order valence-electron chi connectivity index (χ2n) is 5.74. The Hall–Kier alpha value is -1.39. The largest absolute Gasteiger partial charge is 0.394 e. The molecule has 3 N–H and O–H groups in total. The summed E-state index contributed by atoms with van der Waals surface area (Å²) in [5.41, 5.74) is 0.369. The number of carbonyl (C=O) groups excluding carboxylic acids is 1. The van der Waals surface area contributed by atoms with Crippen LogP contribution in [0.4, 0.5) is 0 Å². The molecule has 4 heteroatoms. The molecule has 1 aromatic carbocycles. The van der Waals surface area contributed by atoms with E-state index < -0.39 is 5.54 Å². The number of nitrogens with one attached hydrogen (secondary N) is 2. The molecule has 0 radical (unpaired) electrons. The number of carbonyl (C=O) groups is 1. The second-order valence-corrected chi connectivity index (χ2v) is 5.74. The van der Waals surface area contributed by atoms with Crippen molar-refractivity contribution < 1.29 is 9.90 Å². The van der Waals surface area contributed by atoms with Gasteiger partial charge in [-0.25, -0.2) is 0 Å². The van der Waals surface area contributed by atoms with Crippen LogP contribution in [-0.2, 0) is 10.3 Å². The molecule has 1 amide bonds. The van der Waals surface area contributed by atoms with Crippen molar-refractivity contribution in [2.24, 2.45) is 5.92 Å². The molecule has 1 unspecified atom stereocenters. The number of aliphatic hydroxyl groups is 1. The van der Waals surface area contributed by atoms with Crippen molar-refractivity contribution in [1.82, 2.24) is 10.6 Å². The first-order chi connectivity index (χ1) is 9.48. The summed E-state index contributed by atoms with van der Waals surface area (Å²) in [5, 5.41) is 15.6. The quantitative estimate of drug-likeness (QED) is 0.677. The third-order valence-corrected chi connectivity index (χ3v) is 3.41. The Morgan fingerprint density at radius 3 is 2.50 bits per heavy atom. The minimum absolute atomic E-state index is 0.0405. The molecule has 1 aromatic rings. The molecule has 0 saturated heterocycles. The molecular formula is C16H26N2O2. The van der Waals surface area contributed by atoms with E-state index >= 15 is 0 Å². The van der Waals surface area contributed by atoms with E-state index in [1.807, 2.05) is 37.3 Å². The van der Waals surface area contributed by atoms with Crippen molar-refractivity contribution in [1.29, 1.82) is 0 Å². The van der Waals surface area contributed by atoms with E-state index in [9.17, 15) is 9.90 Å². The van der Waals surface area contributed by atoms with Gasteiger partial charge in [0.1, 0.15) is 0 Å². The maximum Gasteiger partial charge on any atom is 0.233 e. The molecule has 4 nitrogen and oxygen atoms in total. The summed E-state index contributed by atoms with van der Waals surface area (Å²) in [5.74, 6) is 0.538. The Kier molecular flexibility index (Phi) is 6.68. The standard InChI is InChI=1S/C16H26N2O2/c1-13(2)9-10-17-15(20)11-18-16(3,12-19)14-7-5-4-6-8-14/h4-8,13,18-19H,9-12H2,1-3H3,(H,17,20). The Bertz CT molecular complexity index is 406. The van der Waals surface area contributed by atoms with Crippen molar-refractivity contribution >= 4 is 5.91 Å². The van der Waals surface area contributed by atoms with Gasteiger partial charge in [-0.3, -0.25) is 10.1 Å². The molecule has 112 valence electrons. The maximum atomic E-state index is 11.8. The van der Waals surface area contributed by atoms with Crippen LogP contribution in [0.5, 0.6) is 0 Å². The normalized spacial score (nSPS) is 14.1. The zero-order chi connectivity index (χ0) is 15.0. The van der Waals surface area contributed by atoms with Gasteiger partial charge in [0, 0.05) is 6.54 Å². The van der Waals surface area contributed by atoms with Crippen LogP contribution >= 0.6 is 0 Å². The van der Waals surface area contributed by atoms with E-state index in [0.29, 0.717) is 12.5 Å². The first kappa shape index (κ1) is 16.7. The zero-order valence-electron chi connectivity index (χ0n) is 12.6. The highest BCUT2D eigenvalue weighted by Crippen LogP contribution is 2.19. The topological polar surface area (TPSA) is 61.4 Å². The highest BCUT2D eigenvalue weighted by atomic mass is 16.3. The average molecular weight is 278 g/mol. The van der Waals surface area contributed by atoms with Crippen molar-refractivity contribution in [3.05, 3.63) is 35.9 Å². The molecule has 0 aliphatic rings. The summed E-state index contributed by atoms with van der Waals surface area (Å²) in [7, 11) is 0. The molecule has 0 spiro atoms. The fourth-order valence-corrected chi connectivity index (χ4v) is 1.89. The van der Waals surface area contributed by atoms with E-state index in [2.05, 4.69) is 24.5 Å². The highest BCUT2D eigenvalue weighted by Gasteiger charge is 2.25. The molecule has 0 saturated carbocycles. The van der Waals surface area contributed by atoms with Gasteiger partial charge in [-0.15, -0.1) is 0 Å². The van der Waals surface area contributed by atoms with Crippen LogP contribution in [0.1, 0.15) is 32.8 Å². The van der Waals surface area contributed by atoms with Gasteiger partial charge in [0.25, 0.3) is 0 Å². The lowest BCUT2D eigenvalue weighted by Crippen LogP contribution is -2.47. The van der Waals surface area contributed by atoms with Crippen molar-refractivity contribution in [2.75, 3.05) is 19.7 Å². The molecule has 0 bridgehead atoms. The molecule has 20 heavy (non-hydrogen) atoms. The van der Waals surface area contributed by atoms with E-state index in [4.69, 9.17) is 0 Å². The fraction of sp³-hybridized carbons (Fsp3) is 0.562. The third-order valence-electron chi connectivity index (χ3n) is 3.41. The van der Waals surface area contributed by atoms with E-state index in [1.165, 1.54) is 0 Å². The van der Waals surface area contributed by atoms with E-state index in [0.717, 1.165) is 12.0 Å². The molecule has 0 aromatic heterocycles. The fourth-order valence-electron chi connectivity index (χ4n) is 1.89. The van der Waals surface area contributed by atoms with Gasteiger partial charge in [-0.05, 0) is 24.8 Å². The lowest BCUT2D eigenvalue weighted by molar-refractivity contribution is -0.120. The Balaban J connectivity index is 2.47. The van der Waals surface area contributed by atoms with Crippen LogP contribution in [0, 0.1) is 5.92 Å².